The largest absolute Gasteiger partial charge is 0.376 e. The number of para-hydroxylation sites is 1. The Bertz CT molecular complexity index is 769. The minimum atomic E-state index is -0.495. The molecule has 0 spiro atoms. The number of primary amides is 1. The van der Waals surface area contributed by atoms with Crippen LogP contribution in [-0.4, -0.2) is 24.1 Å². The lowest BCUT2D eigenvalue weighted by atomic mass is 10.2. The van der Waals surface area contributed by atoms with Crippen LogP contribution in [0.4, 0.5) is 11.4 Å². The van der Waals surface area contributed by atoms with E-state index in [-0.39, 0.29) is 12.5 Å². The van der Waals surface area contributed by atoms with Gasteiger partial charge in [0.05, 0.1) is 24.1 Å². The summed E-state index contributed by atoms with van der Waals surface area (Å²) in [5.74, 6) is -0.387. The number of carbonyl (C=O) groups excluding carboxylic acids is 2. The van der Waals surface area contributed by atoms with Crippen molar-refractivity contribution in [1.82, 2.24) is 0 Å². The maximum Gasteiger partial charge on any atom is 0.248 e. The maximum atomic E-state index is 12.1. The van der Waals surface area contributed by atoms with E-state index < -0.39 is 5.91 Å². The number of hydrogen-bond acceptors (Lipinski definition) is 5. The smallest absolute Gasteiger partial charge is 0.248 e. The number of benzene rings is 2. The Labute approximate surface area is 144 Å². The molecule has 0 atom stereocenters. The monoisotopic (exact) mass is 340 g/mol. The van der Waals surface area contributed by atoms with Gasteiger partial charge < -0.3 is 16.4 Å². The first-order valence-corrected chi connectivity index (χ1v) is 8.11. The molecular weight excluding hydrogens is 324 g/mol. The van der Waals surface area contributed by atoms with Gasteiger partial charge in [-0.05, 0) is 36.4 Å². The highest BCUT2D eigenvalue weighted by Gasteiger charge is 2.07. The van der Waals surface area contributed by atoms with Crippen molar-refractivity contribution in [2.24, 2.45) is 5.73 Å². The Kier molecular flexibility index (Phi) is 6.23. The Balaban J connectivity index is 1.92. The fraction of sp³-hybridized carbons (Fsp3) is 0.118. The van der Waals surface area contributed by atoms with E-state index in [4.69, 9.17) is 11.0 Å². The highest BCUT2D eigenvalue weighted by molar-refractivity contribution is 7.99. The minimum absolute atomic E-state index is 0.0766. The van der Waals surface area contributed by atoms with E-state index >= 15 is 0 Å². The van der Waals surface area contributed by atoms with Gasteiger partial charge in [-0.25, -0.2) is 0 Å². The van der Waals surface area contributed by atoms with Gasteiger partial charge in [0.2, 0.25) is 11.8 Å². The first-order valence-electron chi connectivity index (χ1n) is 7.12. The number of nitrogens with one attached hydrogen (secondary N) is 2. The van der Waals surface area contributed by atoms with Crippen molar-refractivity contribution in [3.63, 3.8) is 0 Å². The molecule has 0 bridgehead atoms. The zero-order chi connectivity index (χ0) is 17.4. The fourth-order valence-corrected chi connectivity index (χ4v) is 2.60. The summed E-state index contributed by atoms with van der Waals surface area (Å²) in [6.07, 6.45) is 0. The van der Waals surface area contributed by atoms with Crippen LogP contribution in [0.3, 0.4) is 0 Å². The second-order valence-electron chi connectivity index (χ2n) is 4.79. The number of nitrogens with zero attached hydrogens (tertiary/aromatic N) is 1. The molecule has 0 heterocycles. The van der Waals surface area contributed by atoms with Gasteiger partial charge in [0.1, 0.15) is 0 Å². The average Bonchev–Trinajstić information content (AvgIpc) is 2.59. The topological polar surface area (TPSA) is 108 Å². The fourth-order valence-electron chi connectivity index (χ4n) is 1.93. The summed E-state index contributed by atoms with van der Waals surface area (Å²) in [6.45, 7) is 0.0766. The first kappa shape index (κ1) is 17.4. The lowest BCUT2D eigenvalue weighted by Crippen LogP contribution is -2.22. The number of anilines is 2. The van der Waals surface area contributed by atoms with Crippen LogP contribution in [0.15, 0.2) is 53.4 Å². The molecule has 0 aliphatic rings. The molecule has 0 aliphatic heterocycles. The van der Waals surface area contributed by atoms with Crippen LogP contribution in [0.1, 0.15) is 10.4 Å². The third-order valence-corrected chi connectivity index (χ3v) is 4.02. The molecule has 0 aromatic heterocycles. The number of rotatable bonds is 7. The third-order valence-electron chi connectivity index (χ3n) is 3.08. The molecule has 24 heavy (non-hydrogen) atoms. The normalized spacial score (nSPS) is 9.79. The second kappa shape index (κ2) is 8.60. The van der Waals surface area contributed by atoms with Crippen molar-refractivity contribution in [1.29, 1.82) is 5.26 Å². The van der Waals surface area contributed by atoms with Crippen LogP contribution >= 0.6 is 11.8 Å². The lowest BCUT2D eigenvalue weighted by Gasteiger charge is -2.11. The predicted octanol–water partition coefficient (Wildman–Crippen LogP) is 2.45. The number of carbonyl (C=O) groups is 2. The van der Waals surface area contributed by atoms with Crippen molar-refractivity contribution in [2.45, 2.75) is 4.90 Å². The van der Waals surface area contributed by atoms with Gasteiger partial charge in [-0.3, -0.25) is 9.59 Å². The van der Waals surface area contributed by atoms with E-state index in [1.165, 1.54) is 11.8 Å². The molecule has 6 nitrogen and oxygen atoms in total. The molecule has 0 saturated carbocycles. The molecule has 2 aromatic rings. The molecule has 0 unspecified atom stereocenters. The third kappa shape index (κ3) is 5.04. The van der Waals surface area contributed by atoms with E-state index in [1.807, 2.05) is 18.2 Å². The Morgan fingerprint density at radius 3 is 2.50 bits per heavy atom. The summed E-state index contributed by atoms with van der Waals surface area (Å²) >= 11 is 1.37. The van der Waals surface area contributed by atoms with Gasteiger partial charge in [-0.2, -0.15) is 5.26 Å². The van der Waals surface area contributed by atoms with Crippen LogP contribution in [0.2, 0.25) is 0 Å². The standard InChI is InChI=1S/C17H16N4O2S/c18-9-10-24-15-4-2-1-3-14(15)21-16(22)11-20-13-7-5-12(6-8-13)17(19)23/h1-8,20H,10-11H2,(H2,19,23)(H,21,22). The number of nitrogens with two attached hydrogens (primary N) is 1. The molecule has 122 valence electrons. The van der Waals surface area contributed by atoms with E-state index in [0.717, 1.165) is 4.90 Å². The zero-order valence-electron chi connectivity index (χ0n) is 12.8. The van der Waals surface area contributed by atoms with Crippen LogP contribution in [0.5, 0.6) is 0 Å². The van der Waals surface area contributed by atoms with E-state index in [2.05, 4.69) is 16.7 Å². The zero-order valence-corrected chi connectivity index (χ0v) is 13.6. The highest BCUT2D eigenvalue weighted by atomic mass is 32.2. The molecule has 2 amide bonds. The van der Waals surface area contributed by atoms with E-state index in [9.17, 15) is 9.59 Å². The number of hydrogen-bond donors (Lipinski definition) is 3. The van der Waals surface area contributed by atoms with Crippen molar-refractivity contribution < 1.29 is 9.59 Å². The first-order chi connectivity index (χ1) is 11.6. The Hall–Kier alpha value is -2.98. The van der Waals surface area contributed by atoms with Crippen molar-refractivity contribution in [2.75, 3.05) is 22.9 Å². The van der Waals surface area contributed by atoms with Crippen molar-refractivity contribution >= 4 is 35.0 Å². The summed E-state index contributed by atoms with van der Waals surface area (Å²) in [7, 11) is 0. The molecule has 0 saturated heterocycles. The molecule has 2 aromatic carbocycles. The summed E-state index contributed by atoms with van der Waals surface area (Å²) in [5.41, 5.74) is 6.97. The van der Waals surface area contributed by atoms with Crippen LogP contribution in [-0.2, 0) is 4.79 Å². The van der Waals surface area contributed by atoms with Gasteiger partial charge >= 0.3 is 0 Å². The quantitative estimate of drug-likeness (QED) is 0.671. The second-order valence-corrected chi connectivity index (χ2v) is 5.80. The molecule has 4 N–H and O–H groups in total. The maximum absolute atomic E-state index is 12.1. The highest BCUT2D eigenvalue weighted by Crippen LogP contribution is 2.26. The van der Waals surface area contributed by atoms with Gasteiger partial charge in [0.25, 0.3) is 0 Å². The minimum Gasteiger partial charge on any atom is -0.376 e. The average molecular weight is 340 g/mol. The van der Waals surface area contributed by atoms with Crippen molar-refractivity contribution in [3.05, 3.63) is 54.1 Å². The summed E-state index contributed by atoms with van der Waals surface area (Å²) < 4.78 is 0. The molecule has 2 rings (SSSR count). The SMILES string of the molecule is N#CCSc1ccccc1NC(=O)CNc1ccc(C(N)=O)cc1. The molecule has 0 aliphatic carbocycles. The molecule has 7 heteroatoms. The molecule has 0 fully saturated rings. The van der Waals surface area contributed by atoms with Gasteiger partial charge in [-0.15, -0.1) is 11.8 Å². The van der Waals surface area contributed by atoms with E-state index in [1.54, 1.807) is 30.3 Å². The van der Waals surface area contributed by atoms with Gasteiger partial charge in [0, 0.05) is 16.1 Å². The summed E-state index contributed by atoms with van der Waals surface area (Å²) in [4.78, 5) is 23.9. The number of thioether (sulfide) groups is 1. The Morgan fingerprint density at radius 2 is 1.83 bits per heavy atom. The number of amides is 2. The van der Waals surface area contributed by atoms with Gasteiger partial charge in [0.15, 0.2) is 0 Å². The van der Waals surface area contributed by atoms with Gasteiger partial charge in [-0.1, -0.05) is 12.1 Å². The van der Waals surface area contributed by atoms with Crippen LogP contribution in [0, 0.1) is 11.3 Å². The summed E-state index contributed by atoms with van der Waals surface area (Å²) in [5, 5.41) is 14.5. The van der Waals surface area contributed by atoms with E-state index in [0.29, 0.717) is 22.7 Å². The van der Waals surface area contributed by atoms with Crippen LogP contribution < -0.4 is 16.4 Å². The Morgan fingerprint density at radius 1 is 1.12 bits per heavy atom. The van der Waals surface area contributed by atoms with Crippen molar-refractivity contribution in [3.8, 4) is 6.07 Å². The molecular formula is C17H16N4O2S. The predicted molar refractivity (Wildman–Crippen MR) is 94.9 cm³/mol. The molecule has 0 radical (unpaired) electrons. The summed E-state index contributed by atoms with van der Waals surface area (Å²) in [6, 6.07) is 15.9. The lowest BCUT2D eigenvalue weighted by molar-refractivity contribution is -0.114. The number of nitriles is 1. The van der Waals surface area contributed by atoms with Crippen LogP contribution in [0.25, 0.3) is 0 Å².